The normalized spacial score (nSPS) is 24.0. The van der Waals surface area contributed by atoms with E-state index in [4.69, 9.17) is 15.6 Å². The third-order valence-electron chi connectivity index (χ3n) is 3.45. The largest absolute Gasteiger partial charge is 0.394 e. The highest BCUT2D eigenvalue weighted by molar-refractivity contribution is 5.41. The molecule has 1 fully saturated rings. The molecule has 8 heteroatoms. The second-order valence-electron chi connectivity index (χ2n) is 5.06. The lowest BCUT2D eigenvalue weighted by Crippen LogP contribution is -2.24. The van der Waals surface area contributed by atoms with E-state index in [1.165, 1.54) is 16.8 Å². The molecule has 0 spiro atoms. The molecule has 1 aromatic heterocycles. The van der Waals surface area contributed by atoms with Gasteiger partial charge in [-0.25, -0.2) is 4.57 Å². The number of rotatable bonds is 5. The topological polar surface area (TPSA) is 124 Å². The standard InChI is InChI=1S/C14H19N3O5/c15-5-3-1-2-4-10-6-13(17(20)21)16(8-10)14-7-11(19)12(9-18)22-14/h6,8,11-12,14,18-19H,1,3,5,7,9,15H2/t11-,12+,14+/m0/s1. The average molecular weight is 309 g/mol. The Labute approximate surface area is 127 Å². The van der Waals surface area contributed by atoms with Crippen LogP contribution < -0.4 is 5.73 Å². The Bertz CT molecular complexity index is 589. The quantitative estimate of drug-likeness (QED) is 0.307. The van der Waals surface area contributed by atoms with Crippen molar-refractivity contribution in [3.8, 4) is 11.8 Å². The molecule has 1 aliphatic heterocycles. The molecule has 3 atom stereocenters. The zero-order valence-corrected chi connectivity index (χ0v) is 12.0. The minimum Gasteiger partial charge on any atom is -0.394 e. The number of nitro groups is 1. The molecule has 0 bridgehead atoms. The summed E-state index contributed by atoms with van der Waals surface area (Å²) in [6.45, 7) is 0.213. The van der Waals surface area contributed by atoms with Gasteiger partial charge < -0.3 is 30.8 Å². The Balaban J connectivity index is 2.21. The fourth-order valence-corrected chi connectivity index (χ4v) is 2.32. The highest BCUT2D eigenvalue weighted by atomic mass is 16.6. The number of ether oxygens (including phenoxy) is 1. The highest BCUT2D eigenvalue weighted by Crippen LogP contribution is 2.32. The lowest BCUT2D eigenvalue weighted by atomic mass is 10.2. The average Bonchev–Trinajstić information content (AvgIpc) is 3.07. The number of hydrogen-bond donors (Lipinski definition) is 3. The molecule has 0 saturated carbocycles. The van der Waals surface area contributed by atoms with Crippen molar-refractivity contribution in [3.05, 3.63) is 27.9 Å². The van der Waals surface area contributed by atoms with Gasteiger partial charge in [0.1, 0.15) is 12.3 Å². The van der Waals surface area contributed by atoms with Crippen LogP contribution in [0.1, 0.15) is 31.1 Å². The van der Waals surface area contributed by atoms with Gasteiger partial charge in [-0.15, -0.1) is 0 Å². The van der Waals surface area contributed by atoms with Crippen LogP contribution in [0.15, 0.2) is 12.3 Å². The maximum atomic E-state index is 11.2. The second kappa shape index (κ2) is 7.38. The molecule has 0 aromatic carbocycles. The van der Waals surface area contributed by atoms with Crippen molar-refractivity contribution in [2.24, 2.45) is 5.73 Å². The van der Waals surface area contributed by atoms with E-state index in [0.29, 0.717) is 18.5 Å². The van der Waals surface area contributed by atoms with Crippen LogP contribution in [0.4, 0.5) is 5.82 Å². The number of nitrogens with zero attached hydrogens (tertiary/aromatic N) is 2. The monoisotopic (exact) mass is 309 g/mol. The van der Waals surface area contributed by atoms with Gasteiger partial charge in [-0.3, -0.25) is 0 Å². The van der Waals surface area contributed by atoms with E-state index in [0.717, 1.165) is 6.42 Å². The number of nitrogens with two attached hydrogens (primary N) is 1. The summed E-state index contributed by atoms with van der Waals surface area (Å²) in [6, 6.07) is 1.37. The molecule has 0 aliphatic carbocycles. The summed E-state index contributed by atoms with van der Waals surface area (Å²) in [5.74, 6) is 5.61. The molecule has 2 heterocycles. The Morgan fingerprint density at radius 2 is 2.36 bits per heavy atom. The van der Waals surface area contributed by atoms with Gasteiger partial charge in [0.15, 0.2) is 0 Å². The van der Waals surface area contributed by atoms with Crippen LogP contribution >= 0.6 is 0 Å². The summed E-state index contributed by atoms with van der Waals surface area (Å²) in [5, 5.41) is 30.0. The van der Waals surface area contributed by atoms with Gasteiger partial charge in [0.25, 0.3) is 0 Å². The minimum atomic E-state index is -0.851. The van der Waals surface area contributed by atoms with Crippen molar-refractivity contribution >= 4 is 5.82 Å². The Morgan fingerprint density at radius 1 is 1.59 bits per heavy atom. The summed E-state index contributed by atoms with van der Waals surface area (Å²) in [5.41, 5.74) is 5.88. The molecule has 2 rings (SSSR count). The van der Waals surface area contributed by atoms with Crippen molar-refractivity contribution in [3.63, 3.8) is 0 Å². The van der Waals surface area contributed by atoms with Crippen LogP contribution in [0.3, 0.4) is 0 Å². The van der Waals surface area contributed by atoms with Gasteiger partial charge in [0, 0.05) is 12.8 Å². The molecule has 8 nitrogen and oxygen atoms in total. The van der Waals surface area contributed by atoms with Crippen LogP contribution in [-0.4, -0.2) is 45.1 Å². The van der Waals surface area contributed by atoms with E-state index in [9.17, 15) is 15.2 Å². The maximum Gasteiger partial charge on any atom is 0.326 e. The van der Waals surface area contributed by atoms with Gasteiger partial charge in [-0.1, -0.05) is 11.8 Å². The van der Waals surface area contributed by atoms with E-state index in [1.807, 2.05) is 0 Å². The molecule has 1 aliphatic rings. The second-order valence-corrected chi connectivity index (χ2v) is 5.06. The first-order valence-corrected chi connectivity index (χ1v) is 7.06. The third kappa shape index (κ3) is 3.64. The maximum absolute atomic E-state index is 11.2. The van der Waals surface area contributed by atoms with Crippen molar-refractivity contribution in [1.82, 2.24) is 4.57 Å². The lowest BCUT2D eigenvalue weighted by Gasteiger charge is -2.10. The lowest BCUT2D eigenvalue weighted by molar-refractivity contribution is -0.393. The Morgan fingerprint density at radius 3 is 2.95 bits per heavy atom. The summed E-state index contributed by atoms with van der Waals surface area (Å²) in [7, 11) is 0. The van der Waals surface area contributed by atoms with Crippen LogP contribution in [0.25, 0.3) is 0 Å². The van der Waals surface area contributed by atoms with Gasteiger partial charge in [-0.05, 0) is 17.9 Å². The van der Waals surface area contributed by atoms with Crippen LogP contribution in [-0.2, 0) is 4.74 Å². The van der Waals surface area contributed by atoms with E-state index < -0.39 is 23.4 Å². The van der Waals surface area contributed by atoms with Crippen molar-refractivity contribution in [2.75, 3.05) is 13.2 Å². The Hall–Kier alpha value is -1.92. The molecule has 0 amide bonds. The number of aliphatic hydroxyl groups excluding tert-OH is 2. The zero-order valence-electron chi connectivity index (χ0n) is 12.0. The van der Waals surface area contributed by atoms with Crippen LogP contribution in [0, 0.1) is 22.0 Å². The molecule has 4 N–H and O–H groups in total. The fraction of sp³-hybridized carbons (Fsp3) is 0.571. The van der Waals surface area contributed by atoms with E-state index in [-0.39, 0.29) is 18.8 Å². The van der Waals surface area contributed by atoms with Gasteiger partial charge >= 0.3 is 5.82 Å². The zero-order chi connectivity index (χ0) is 16.1. The minimum absolute atomic E-state index is 0.154. The number of hydrogen-bond acceptors (Lipinski definition) is 6. The molecule has 120 valence electrons. The molecular weight excluding hydrogens is 290 g/mol. The molecule has 0 radical (unpaired) electrons. The summed E-state index contributed by atoms with van der Waals surface area (Å²) in [6.07, 6.45) is 0.840. The van der Waals surface area contributed by atoms with Gasteiger partial charge in [0.05, 0.1) is 24.3 Å². The van der Waals surface area contributed by atoms with E-state index >= 15 is 0 Å². The van der Waals surface area contributed by atoms with Gasteiger partial charge in [-0.2, -0.15) is 0 Å². The van der Waals surface area contributed by atoms with Crippen molar-refractivity contribution in [1.29, 1.82) is 0 Å². The third-order valence-corrected chi connectivity index (χ3v) is 3.45. The molecule has 0 unspecified atom stereocenters. The summed E-state index contributed by atoms with van der Waals surface area (Å²) in [4.78, 5) is 10.6. The first-order valence-electron chi connectivity index (χ1n) is 7.06. The molecule has 1 aromatic rings. The fourth-order valence-electron chi connectivity index (χ4n) is 2.32. The first-order chi connectivity index (χ1) is 10.6. The van der Waals surface area contributed by atoms with Crippen molar-refractivity contribution in [2.45, 2.75) is 37.7 Å². The summed E-state index contributed by atoms with van der Waals surface area (Å²) >= 11 is 0. The highest BCUT2D eigenvalue weighted by Gasteiger charge is 2.38. The smallest absolute Gasteiger partial charge is 0.326 e. The number of unbranched alkanes of at least 4 members (excludes halogenated alkanes) is 1. The van der Waals surface area contributed by atoms with E-state index in [1.54, 1.807) is 0 Å². The predicted molar refractivity (Wildman–Crippen MR) is 77.9 cm³/mol. The van der Waals surface area contributed by atoms with Crippen LogP contribution in [0.2, 0.25) is 0 Å². The number of aromatic nitrogens is 1. The van der Waals surface area contributed by atoms with E-state index in [2.05, 4.69) is 11.8 Å². The number of aliphatic hydroxyl groups is 2. The SMILES string of the molecule is NCCCC#Cc1cc([N+](=O)[O-])n([C@H]2C[C@H](O)[C@@H](CO)O2)c1. The molecule has 22 heavy (non-hydrogen) atoms. The van der Waals surface area contributed by atoms with Crippen molar-refractivity contribution < 1.29 is 19.9 Å². The summed E-state index contributed by atoms with van der Waals surface area (Å²) < 4.78 is 6.79. The van der Waals surface area contributed by atoms with Crippen LogP contribution in [0.5, 0.6) is 0 Å². The first kappa shape index (κ1) is 16.5. The molecule has 1 saturated heterocycles. The Kier molecular flexibility index (Phi) is 5.51. The van der Waals surface area contributed by atoms with Gasteiger partial charge in [0.2, 0.25) is 6.23 Å². The predicted octanol–water partition coefficient (Wildman–Crippen LogP) is 0.127. The molecular formula is C14H19N3O5.